The molecule has 1 saturated heterocycles. The van der Waals surface area contributed by atoms with Crippen LogP contribution in [0, 0.1) is 5.82 Å². The molecule has 1 aliphatic heterocycles. The molecule has 1 fully saturated rings. The van der Waals surface area contributed by atoms with E-state index in [0.29, 0.717) is 12.2 Å². The van der Waals surface area contributed by atoms with Crippen molar-refractivity contribution in [2.45, 2.75) is 45.2 Å². The van der Waals surface area contributed by atoms with E-state index in [1.165, 1.54) is 30.3 Å². The fourth-order valence-corrected chi connectivity index (χ4v) is 4.42. The number of hydrogen-bond donors (Lipinski definition) is 4. The van der Waals surface area contributed by atoms with Crippen molar-refractivity contribution in [2.75, 3.05) is 29.0 Å². The minimum Gasteiger partial charge on any atom is -0.397 e. The zero-order valence-electron chi connectivity index (χ0n) is 21.2. The van der Waals surface area contributed by atoms with E-state index in [4.69, 9.17) is 11.5 Å². The maximum absolute atomic E-state index is 14.8. The molecule has 10 heteroatoms. The zero-order chi connectivity index (χ0) is 26.7. The van der Waals surface area contributed by atoms with Gasteiger partial charge in [0, 0.05) is 42.0 Å². The van der Waals surface area contributed by atoms with Crippen LogP contribution in [0.5, 0.6) is 0 Å². The van der Waals surface area contributed by atoms with Gasteiger partial charge in [-0.15, -0.1) is 0 Å². The Hall–Kier alpha value is -4.05. The van der Waals surface area contributed by atoms with Crippen LogP contribution in [-0.4, -0.2) is 46.5 Å². The highest BCUT2D eigenvalue weighted by atomic mass is 19.1. The molecular formula is C27H32FN7O2. The molecule has 2 amide bonds. The Balaban J connectivity index is 1.63. The number of nitrogens with zero attached hydrogens (tertiary/aromatic N) is 3. The van der Waals surface area contributed by atoms with E-state index < -0.39 is 11.7 Å². The number of carbonyl (C=O) groups is 2. The summed E-state index contributed by atoms with van der Waals surface area (Å²) in [7, 11) is 0. The largest absolute Gasteiger partial charge is 0.397 e. The lowest BCUT2D eigenvalue weighted by Crippen LogP contribution is -2.52. The van der Waals surface area contributed by atoms with Gasteiger partial charge in [0.1, 0.15) is 5.82 Å². The van der Waals surface area contributed by atoms with E-state index in [1.807, 2.05) is 26.8 Å². The number of pyridine rings is 2. The molecule has 0 radical (unpaired) electrons. The maximum atomic E-state index is 14.8. The van der Waals surface area contributed by atoms with Crippen molar-refractivity contribution >= 4 is 28.9 Å². The average Bonchev–Trinajstić information content (AvgIpc) is 2.84. The van der Waals surface area contributed by atoms with Crippen LogP contribution in [0.3, 0.4) is 0 Å². The van der Waals surface area contributed by atoms with Gasteiger partial charge in [-0.3, -0.25) is 14.6 Å². The molecule has 2 aromatic heterocycles. The van der Waals surface area contributed by atoms with Crippen molar-refractivity contribution in [3.8, 4) is 11.3 Å². The summed E-state index contributed by atoms with van der Waals surface area (Å²) >= 11 is 0. The second kappa shape index (κ2) is 10.5. The predicted molar refractivity (Wildman–Crippen MR) is 143 cm³/mol. The van der Waals surface area contributed by atoms with Crippen LogP contribution in [0.1, 0.15) is 54.5 Å². The van der Waals surface area contributed by atoms with Crippen molar-refractivity contribution in [1.29, 1.82) is 0 Å². The third-order valence-corrected chi connectivity index (χ3v) is 6.18. The second-order valence-electron chi connectivity index (χ2n) is 9.98. The van der Waals surface area contributed by atoms with Gasteiger partial charge in [0.25, 0.3) is 11.8 Å². The van der Waals surface area contributed by atoms with Crippen LogP contribution in [0.4, 0.5) is 21.5 Å². The molecule has 9 nitrogen and oxygen atoms in total. The second-order valence-corrected chi connectivity index (χ2v) is 9.98. The lowest BCUT2D eigenvalue weighted by molar-refractivity contribution is 0.0942. The summed E-state index contributed by atoms with van der Waals surface area (Å²) in [6, 6.07) is 8.77. The molecule has 0 bridgehead atoms. The van der Waals surface area contributed by atoms with E-state index in [2.05, 4.69) is 25.5 Å². The van der Waals surface area contributed by atoms with Gasteiger partial charge in [0.05, 0.1) is 29.0 Å². The Labute approximate surface area is 215 Å². The number of halogens is 1. The van der Waals surface area contributed by atoms with Crippen molar-refractivity contribution < 1.29 is 14.0 Å². The minimum atomic E-state index is -0.575. The lowest BCUT2D eigenvalue weighted by atomic mass is 9.92. The van der Waals surface area contributed by atoms with E-state index in [-0.39, 0.29) is 45.7 Å². The highest BCUT2D eigenvalue weighted by Crippen LogP contribution is 2.31. The average molecular weight is 506 g/mol. The number of piperidine rings is 1. The predicted octanol–water partition coefficient (Wildman–Crippen LogP) is 3.57. The first kappa shape index (κ1) is 26.0. The van der Waals surface area contributed by atoms with Crippen LogP contribution >= 0.6 is 0 Å². The summed E-state index contributed by atoms with van der Waals surface area (Å²) in [4.78, 5) is 36.4. The van der Waals surface area contributed by atoms with Crippen LogP contribution in [0.25, 0.3) is 11.3 Å². The van der Waals surface area contributed by atoms with E-state index in [9.17, 15) is 14.0 Å². The first-order chi connectivity index (χ1) is 17.5. The van der Waals surface area contributed by atoms with Crippen LogP contribution in [0.15, 0.2) is 48.8 Å². The normalized spacial score (nSPS) is 17.5. The van der Waals surface area contributed by atoms with Gasteiger partial charge in [-0.05, 0) is 70.0 Å². The highest BCUT2D eigenvalue weighted by Gasteiger charge is 2.28. The number of amides is 2. The van der Waals surface area contributed by atoms with E-state index in [0.717, 1.165) is 25.1 Å². The number of nitrogens with one attached hydrogen (secondary N) is 2. The van der Waals surface area contributed by atoms with Gasteiger partial charge < -0.3 is 27.0 Å². The minimum absolute atomic E-state index is 0.0638. The quantitative estimate of drug-likeness (QED) is 0.402. The Morgan fingerprint density at radius 2 is 1.95 bits per heavy atom. The highest BCUT2D eigenvalue weighted by molar-refractivity contribution is 6.08. The van der Waals surface area contributed by atoms with Gasteiger partial charge in [-0.2, -0.15) is 0 Å². The molecule has 1 aromatic carbocycles. The molecule has 6 N–H and O–H groups in total. The van der Waals surface area contributed by atoms with Crippen LogP contribution in [0.2, 0.25) is 0 Å². The summed E-state index contributed by atoms with van der Waals surface area (Å²) in [6.07, 6.45) is 5.07. The number of hydrogen-bond acceptors (Lipinski definition) is 7. The number of carbonyl (C=O) groups excluding carboxylic acids is 2. The summed E-state index contributed by atoms with van der Waals surface area (Å²) in [5.41, 5.74) is 14.0. The van der Waals surface area contributed by atoms with Gasteiger partial charge in [0.2, 0.25) is 0 Å². The molecule has 1 atom stereocenters. The van der Waals surface area contributed by atoms with Crippen molar-refractivity contribution in [2.24, 2.45) is 5.73 Å². The lowest BCUT2D eigenvalue weighted by Gasteiger charge is -2.39. The third-order valence-electron chi connectivity index (χ3n) is 6.18. The molecule has 4 rings (SSSR count). The fraction of sp³-hybridized carbons (Fsp3) is 0.333. The van der Waals surface area contributed by atoms with Gasteiger partial charge in [0.15, 0.2) is 5.69 Å². The number of nitrogens with two attached hydrogens (primary N) is 2. The number of aromatic nitrogens is 2. The first-order valence-corrected chi connectivity index (χ1v) is 12.2. The Bertz CT molecular complexity index is 1330. The fourth-order valence-electron chi connectivity index (χ4n) is 4.42. The number of benzene rings is 1. The molecule has 194 valence electrons. The first-order valence-electron chi connectivity index (χ1n) is 12.2. The number of nitrogen functional groups attached to an aromatic ring is 1. The van der Waals surface area contributed by atoms with Gasteiger partial charge in [-0.1, -0.05) is 0 Å². The maximum Gasteiger partial charge on any atom is 0.276 e. The monoisotopic (exact) mass is 505 g/mol. The summed E-state index contributed by atoms with van der Waals surface area (Å²) in [5.74, 6) is -1.47. The topological polar surface area (TPSA) is 139 Å². The molecular weight excluding hydrogens is 473 g/mol. The van der Waals surface area contributed by atoms with Crippen LogP contribution < -0.4 is 27.0 Å². The molecule has 0 spiro atoms. The van der Waals surface area contributed by atoms with Crippen LogP contribution in [-0.2, 0) is 0 Å². The summed E-state index contributed by atoms with van der Waals surface area (Å²) in [6.45, 7) is 7.12. The van der Waals surface area contributed by atoms with E-state index in [1.54, 1.807) is 12.4 Å². The zero-order valence-corrected chi connectivity index (χ0v) is 21.2. The van der Waals surface area contributed by atoms with Gasteiger partial charge >= 0.3 is 0 Å². The number of rotatable bonds is 6. The molecule has 0 saturated carbocycles. The summed E-state index contributed by atoms with van der Waals surface area (Å²) in [5, 5.41) is 5.63. The van der Waals surface area contributed by atoms with Crippen molar-refractivity contribution in [1.82, 2.24) is 15.3 Å². The Kier molecular flexibility index (Phi) is 7.40. The molecule has 0 aliphatic carbocycles. The van der Waals surface area contributed by atoms with Crippen molar-refractivity contribution in [3.63, 3.8) is 0 Å². The Morgan fingerprint density at radius 3 is 2.68 bits per heavy atom. The standard InChI is InChI=1S/C27H32FN7O2/c1-16(2)32-25(36)17-5-6-19(28)18(13-17)21-8-7-20(29)24(33-21)26(37)34-22-14-31-11-9-23(22)35-12-4-10-27(3,30)15-35/h5-9,11,13-14,16H,4,10,12,15,29-30H2,1-3H3,(H,32,36)(H,34,37). The molecule has 3 heterocycles. The van der Waals surface area contributed by atoms with Crippen molar-refractivity contribution in [3.05, 3.63) is 65.9 Å². The van der Waals surface area contributed by atoms with Gasteiger partial charge in [-0.25, -0.2) is 9.37 Å². The van der Waals surface area contributed by atoms with E-state index >= 15 is 0 Å². The summed E-state index contributed by atoms with van der Waals surface area (Å²) < 4.78 is 14.8. The molecule has 1 unspecified atom stereocenters. The number of anilines is 3. The molecule has 1 aliphatic rings. The smallest absolute Gasteiger partial charge is 0.276 e. The third kappa shape index (κ3) is 6.03. The SMILES string of the molecule is CC(C)NC(=O)c1ccc(F)c(-c2ccc(N)c(C(=O)Nc3cnccc3N3CCCC(C)(N)C3)n2)c1. The molecule has 3 aromatic rings. The Morgan fingerprint density at radius 1 is 1.16 bits per heavy atom. The molecule has 37 heavy (non-hydrogen) atoms.